The lowest BCUT2D eigenvalue weighted by atomic mass is 10.2. The van der Waals surface area contributed by atoms with Gasteiger partial charge in [-0.2, -0.15) is 0 Å². The zero-order valence-corrected chi connectivity index (χ0v) is 14.4. The Morgan fingerprint density at radius 1 is 1.17 bits per heavy atom. The van der Waals surface area contributed by atoms with E-state index in [1.165, 1.54) is 25.9 Å². The third-order valence-corrected chi connectivity index (χ3v) is 4.81. The summed E-state index contributed by atoms with van der Waals surface area (Å²) in [6, 6.07) is 8.01. The molecule has 0 aliphatic carbocycles. The standard InChI is InChI=1S/C18H27N3O3/c1-23-16-4-6-17(7-5-16)24-13-9-19-18(22)21-12-8-15(14-21)20-10-2-3-11-20/h4-7,15H,2-3,8-14H2,1H3,(H,19,22)/t15-/m1/s1. The number of hydrogen-bond donors (Lipinski definition) is 1. The summed E-state index contributed by atoms with van der Waals surface area (Å²) in [5.74, 6) is 1.58. The molecule has 2 aliphatic rings. The molecular weight excluding hydrogens is 306 g/mol. The van der Waals surface area contributed by atoms with Crippen LogP contribution in [0.15, 0.2) is 24.3 Å². The van der Waals surface area contributed by atoms with E-state index >= 15 is 0 Å². The number of carbonyl (C=O) groups is 1. The van der Waals surface area contributed by atoms with Crippen LogP contribution >= 0.6 is 0 Å². The number of hydrogen-bond acceptors (Lipinski definition) is 4. The predicted octanol–water partition coefficient (Wildman–Crippen LogP) is 1.95. The highest BCUT2D eigenvalue weighted by atomic mass is 16.5. The maximum Gasteiger partial charge on any atom is 0.317 e. The Balaban J connectivity index is 1.33. The van der Waals surface area contributed by atoms with Gasteiger partial charge in [-0.1, -0.05) is 0 Å². The molecular formula is C18H27N3O3. The van der Waals surface area contributed by atoms with E-state index in [-0.39, 0.29) is 6.03 Å². The number of nitrogens with zero attached hydrogens (tertiary/aromatic N) is 2. The van der Waals surface area contributed by atoms with Gasteiger partial charge in [-0.15, -0.1) is 0 Å². The Labute approximate surface area is 143 Å². The number of methoxy groups -OCH3 is 1. The number of likely N-dealkylation sites (tertiary alicyclic amines) is 2. The maximum absolute atomic E-state index is 12.2. The van der Waals surface area contributed by atoms with Gasteiger partial charge in [-0.3, -0.25) is 4.90 Å². The Hall–Kier alpha value is -1.95. The predicted molar refractivity (Wildman–Crippen MR) is 92.7 cm³/mol. The van der Waals surface area contributed by atoms with Gasteiger partial charge in [0.05, 0.1) is 13.7 Å². The van der Waals surface area contributed by atoms with Crippen LogP contribution in [0.25, 0.3) is 0 Å². The molecule has 2 aliphatic heterocycles. The molecule has 1 aromatic rings. The van der Waals surface area contributed by atoms with Gasteiger partial charge in [0, 0.05) is 19.1 Å². The fourth-order valence-corrected chi connectivity index (χ4v) is 3.44. The largest absolute Gasteiger partial charge is 0.497 e. The number of nitrogens with one attached hydrogen (secondary N) is 1. The van der Waals surface area contributed by atoms with Crippen LogP contribution in [0, 0.1) is 0 Å². The summed E-state index contributed by atoms with van der Waals surface area (Å²) in [4.78, 5) is 16.7. The van der Waals surface area contributed by atoms with Gasteiger partial charge in [0.15, 0.2) is 0 Å². The molecule has 0 bridgehead atoms. The third kappa shape index (κ3) is 4.32. The summed E-state index contributed by atoms with van der Waals surface area (Å²) < 4.78 is 10.7. The van der Waals surface area contributed by atoms with Crippen molar-refractivity contribution in [2.75, 3.05) is 46.4 Å². The molecule has 2 saturated heterocycles. The number of amides is 2. The quantitative estimate of drug-likeness (QED) is 0.809. The first-order valence-electron chi connectivity index (χ1n) is 8.80. The monoisotopic (exact) mass is 333 g/mol. The summed E-state index contributed by atoms with van der Waals surface area (Å²) in [5, 5.41) is 2.95. The second kappa shape index (κ2) is 8.24. The average molecular weight is 333 g/mol. The highest BCUT2D eigenvalue weighted by Crippen LogP contribution is 2.20. The molecule has 3 rings (SSSR count). The van der Waals surface area contributed by atoms with E-state index in [1.807, 2.05) is 29.2 Å². The minimum absolute atomic E-state index is 0.0232. The molecule has 2 heterocycles. The van der Waals surface area contributed by atoms with Gasteiger partial charge in [0.25, 0.3) is 0 Å². The van der Waals surface area contributed by atoms with Gasteiger partial charge in [0.2, 0.25) is 0 Å². The van der Waals surface area contributed by atoms with E-state index in [0.717, 1.165) is 31.0 Å². The molecule has 0 saturated carbocycles. The molecule has 2 fully saturated rings. The van der Waals surface area contributed by atoms with Crippen molar-refractivity contribution >= 4 is 6.03 Å². The summed E-state index contributed by atoms with van der Waals surface area (Å²) in [6.07, 6.45) is 3.69. The van der Waals surface area contributed by atoms with Crippen molar-refractivity contribution in [3.05, 3.63) is 24.3 Å². The Morgan fingerprint density at radius 2 is 1.88 bits per heavy atom. The lowest BCUT2D eigenvalue weighted by Crippen LogP contribution is -2.42. The van der Waals surface area contributed by atoms with Crippen molar-refractivity contribution in [2.24, 2.45) is 0 Å². The van der Waals surface area contributed by atoms with Gasteiger partial charge in [-0.05, 0) is 56.6 Å². The smallest absolute Gasteiger partial charge is 0.317 e. The molecule has 6 heteroatoms. The minimum Gasteiger partial charge on any atom is -0.497 e. The van der Waals surface area contributed by atoms with E-state index < -0.39 is 0 Å². The number of carbonyl (C=O) groups excluding carboxylic acids is 1. The van der Waals surface area contributed by atoms with Crippen LogP contribution in [0.4, 0.5) is 4.79 Å². The SMILES string of the molecule is COc1ccc(OCCNC(=O)N2CC[C@@H](N3CCCC3)C2)cc1. The lowest BCUT2D eigenvalue weighted by Gasteiger charge is -2.23. The zero-order valence-electron chi connectivity index (χ0n) is 14.4. The van der Waals surface area contributed by atoms with Crippen molar-refractivity contribution in [3.8, 4) is 11.5 Å². The van der Waals surface area contributed by atoms with Crippen LogP contribution in [0.3, 0.4) is 0 Å². The van der Waals surface area contributed by atoms with E-state index in [1.54, 1.807) is 7.11 Å². The Kier molecular flexibility index (Phi) is 5.80. The first kappa shape index (κ1) is 16.9. The van der Waals surface area contributed by atoms with Crippen LogP contribution in [0.2, 0.25) is 0 Å². The van der Waals surface area contributed by atoms with Gasteiger partial charge in [-0.25, -0.2) is 4.79 Å². The molecule has 1 atom stereocenters. The molecule has 6 nitrogen and oxygen atoms in total. The van der Waals surface area contributed by atoms with Crippen molar-refractivity contribution in [3.63, 3.8) is 0 Å². The zero-order chi connectivity index (χ0) is 16.8. The van der Waals surface area contributed by atoms with Crippen LogP contribution in [0.1, 0.15) is 19.3 Å². The molecule has 0 unspecified atom stereocenters. The third-order valence-electron chi connectivity index (χ3n) is 4.81. The number of rotatable bonds is 6. The van der Waals surface area contributed by atoms with Crippen molar-refractivity contribution in [2.45, 2.75) is 25.3 Å². The fraction of sp³-hybridized carbons (Fsp3) is 0.611. The summed E-state index contributed by atoms with van der Waals surface area (Å²) >= 11 is 0. The minimum atomic E-state index is 0.0232. The summed E-state index contributed by atoms with van der Waals surface area (Å²) in [6.45, 7) is 5.06. The summed E-state index contributed by atoms with van der Waals surface area (Å²) in [7, 11) is 1.64. The second-order valence-electron chi connectivity index (χ2n) is 6.39. The lowest BCUT2D eigenvalue weighted by molar-refractivity contribution is 0.196. The van der Waals surface area contributed by atoms with Crippen molar-refractivity contribution < 1.29 is 14.3 Å². The number of benzene rings is 1. The molecule has 1 aromatic carbocycles. The van der Waals surface area contributed by atoms with Crippen molar-refractivity contribution in [1.82, 2.24) is 15.1 Å². The summed E-state index contributed by atoms with van der Waals surface area (Å²) in [5.41, 5.74) is 0. The highest BCUT2D eigenvalue weighted by Gasteiger charge is 2.31. The first-order valence-corrected chi connectivity index (χ1v) is 8.80. The number of ether oxygens (including phenoxy) is 2. The molecule has 0 aromatic heterocycles. The van der Waals surface area contributed by atoms with Crippen LogP contribution < -0.4 is 14.8 Å². The molecule has 0 radical (unpaired) electrons. The second-order valence-corrected chi connectivity index (χ2v) is 6.39. The highest BCUT2D eigenvalue weighted by molar-refractivity contribution is 5.74. The Bertz CT molecular complexity index is 529. The van der Waals surface area contributed by atoms with Crippen LogP contribution in [-0.2, 0) is 0 Å². The van der Waals surface area contributed by atoms with Crippen LogP contribution in [0.5, 0.6) is 11.5 Å². The van der Waals surface area contributed by atoms with Gasteiger partial charge < -0.3 is 19.7 Å². The van der Waals surface area contributed by atoms with Crippen molar-refractivity contribution in [1.29, 1.82) is 0 Å². The van der Waals surface area contributed by atoms with E-state index in [9.17, 15) is 4.79 Å². The van der Waals surface area contributed by atoms with E-state index in [0.29, 0.717) is 19.2 Å². The normalized spacial score (nSPS) is 21.0. The van der Waals surface area contributed by atoms with Gasteiger partial charge >= 0.3 is 6.03 Å². The molecule has 0 spiro atoms. The first-order chi connectivity index (χ1) is 11.8. The average Bonchev–Trinajstić information content (AvgIpc) is 3.30. The van der Waals surface area contributed by atoms with E-state index in [2.05, 4.69) is 10.2 Å². The molecule has 1 N–H and O–H groups in total. The topological polar surface area (TPSA) is 54.0 Å². The van der Waals surface area contributed by atoms with Crippen LogP contribution in [-0.4, -0.2) is 68.3 Å². The molecule has 2 amide bonds. The number of urea groups is 1. The maximum atomic E-state index is 12.2. The molecule has 24 heavy (non-hydrogen) atoms. The van der Waals surface area contributed by atoms with E-state index in [4.69, 9.17) is 9.47 Å². The molecule has 132 valence electrons. The Morgan fingerprint density at radius 3 is 2.58 bits per heavy atom. The van der Waals surface area contributed by atoms with Gasteiger partial charge in [0.1, 0.15) is 18.1 Å². The fourth-order valence-electron chi connectivity index (χ4n) is 3.44.